The van der Waals surface area contributed by atoms with Crippen molar-refractivity contribution in [2.45, 2.75) is 19.1 Å². The number of ether oxygens (including phenoxy) is 2. The van der Waals surface area contributed by atoms with Gasteiger partial charge in [-0.3, -0.25) is 4.79 Å². The van der Waals surface area contributed by atoms with Gasteiger partial charge in [0.2, 0.25) is 5.91 Å². The number of amides is 1. The Balaban J connectivity index is 1.91. The summed E-state index contributed by atoms with van der Waals surface area (Å²) in [7, 11) is 3.25. The number of rotatable bonds is 9. The fourth-order valence-electron chi connectivity index (χ4n) is 2.57. The van der Waals surface area contributed by atoms with Crippen molar-refractivity contribution < 1.29 is 14.3 Å². The molecular formula is C20H23BrN2O3S. The van der Waals surface area contributed by atoms with Crippen LogP contribution in [0.1, 0.15) is 23.6 Å². The smallest absolute Gasteiger partial charge is 0.250 e. The van der Waals surface area contributed by atoms with Crippen molar-refractivity contribution in [3.8, 4) is 11.5 Å². The van der Waals surface area contributed by atoms with Crippen LogP contribution < -0.4 is 14.9 Å². The molecule has 0 spiro atoms. The zero-order valence-corrected chi connectivity index (χ0v) is 18.0. The van der Waals surface area contributed by atoms with Gasteiger partial charge in [-0.25, -0.2) is 5.43 Å². The van der Waals surface area contributed by atoms with Gasteiger partial charge in [0.1, 0.15) is 11.5 Å². The maximum atomic E-state index is 12.0. The molecule has 0 aromatic heterocycles. The van der Waals surface area contributed by atoms with Crippen molar-refractivity contribution in [1.82, 2.24) is 5.43 Å². The Morgan fingerprint density at radius 1 is 1.22 bits per heavy atom. The second-order valence-electron chi connectivity index (χ2n) is 5.60. The monoisotopic (exact) mass is 450 g/mol. The van der Waals surface area contributed by atoms with Crippen LogP contribution in [0.3, 0.4) is 0 Å². The Morgan fingerprint density at radius 3 is 2.67 bits per heavy atom. The minimum atomic E-state index is -0.147. The normalized spacial score (nSPS) is 10.8. The van der Waals surface area contributed by atoms with Crippen molar-refractivity contribution in [3.05, 3.63) is 57.6 Å². The summed E-state index contributed by atoms with van der Waals surface area (Å²) >= 11 is 5.04. The van der Waals surface area contributed by atoms with E-state index in [1.54, 1.807) is 20.4 Å². The average molecular weight is 451 g/mol. The molecule has 1 N–H and O–H groups in total. The first-order valence-electron chi connectivity index (χ1n) is 8.47. The van der Waals surface area contributed by atoms with E-state index < -0.39 is 0 Å². The lowest BCUT2D eigenvalue weighted by molar-refractivity contribution is -0.118. The first-order chi connectivity index (χ1) is 13.1. The second kappa shape index (κ2) is 11.0. The fraction of sp³-hybridized carbons (Fsp3) is 0.300. The van der Waals surface area contributed by atoms with Gasteiger partial charge >= 0.3 is 0 Å². The van der Waals surface area contributed by atoms with Crippen molar-refractivity contribution in [3.63, 3.8) is 0 Å². The Bertz CT molecular complexity index is 812. The van der Waals surface area contributed by atoms with Crippen molar-refractivity contribution in [2.75, 3.05) is 20.0 Å². The Morgan fingerprint density at radius 2 is 2.00 bits per heavy atom. The number of thioether (sulfide) groups is 1. The molecule has 144 valence electrons. The zero-order chi connectivity index (χ0) is 19.6. The molecular weight excluding hydrogens is 428 g/mol. The summed E-state index contributed by atoms with van der Waals surface area (Å²) in [5.41, 5.74) is 5.48. The summed E-state index contributed by atoms with van der Waals surface area (Å²) in [6, 6.07) is 11.7. The van der Waals surface area contributed by atoms with Gasteiger partial charge in [-0.2, -0.15) is 5.10 Å². The highest BCUT2D eigenvalue weighted by Gasteiger charge is 2.12. The van der Waals surface area contributed by atoms with Gasteiger partial charge in [-0.1, -0.05) is 41.1 Å². The number of carbonyl (C=O) groups is 1. The van der Waals surface area contributed by atoms with Crippen LogP contribution in [0.15, 0.2) is 46.0 Å². The van der Waals surface area contributed by atoms with Crippen molar-refractivity contribution in [2.24, 2.45) is 5.10 Å². The number of hydrazone groups is 1. The third kappa shape index (κ3) is 6.01. The summed E-state index contributed by atoms with van der Waals surface area (Å²) in [6.45, 7) is 2.03. The number of hydrogen-bond acceptors (Lipinski definition) is 5. The molecule has 0 aliphatic carbocycles. The van der Waals surface area contributed by atoms with Gasteiger partial charge in [-0.05, 0) is 30.2 Å². The van der Waals surface area contributed by atoms with E-state index in [2.05, 4.69) is 26.5 Å². The fourth-order valence-corrected chi connectivity index (χ4v) is 4.01. The maximum absolute atomic E-state index is 12.0. The van der Waals surface area contributed by atoms with E-state index in [1.165, 1.54) is 11.8 Å². The number of nitrogens with zero attached hydrogens (tertiary/aromatic N) is 1. The van der Waals surface area contributed by atoms with E-state index in [4.69, 9.17) is 9.47 Å². The Labute approximate surface area is 172 Å². The molecule has 0 fully saturated rings. The number of hydrogen-bond donors (Lipinski definition) is 1. The van der Waals surface area contributed by atoms with Crippen LogP contribution in [-0.2, 0) is 17.0 Å². The standard InChI is InChI=1S/C20H23BrN2O3S/c1-4-16-18(25-2)10-9-14(20(16)26-3)11-22-23-19(24)13-27-12-15-7-5-6-8-17(15)21/h5-11H,4,12-13H2,1-3H3,(H,23,24)/b22-11-. The Kier molecular flexibility index (Phi) is 8.67. The molecule has 0 aliphatic heterocycles. The first-order valence-corrected chi connectivity index (χ1v) is 10.4. The molecule has 0 heterocycles. The molecule has 0 saturated heterocycles. The average Bonchev–Trinajstić information content (AvgIpc) is 2.68. The van der Waals surface area contributed by atoms with Crippen LogP contribution in [0.5, 0.6) is 11.5 Å². The lowest BCUT2D eigenvalue weighted by atomic mass is 10.1. The van der Waals surface area contributed by atoms with E-state index in [9.17, 15) is 4.79 Å². The van der Waals surface area contributed by atoms with Crippen LogP contribution >= 0.6 is 27.7 Å². The first kappa shape index (κ1) is 21.3. The molecule has 0 saturated carbocycles. The SMILES string of the molecule is CCc1c(OC)ccc(/C=N\NC(=O)CSCc2ccccc2Br)c1OC. The molecule has 27 heavy (non-hydrogen) atoms. The van der Waals surface area contributed by atoms with Crippen molar-refractivity contribution in [1.29, 1.82) is 0 Å². The lowest BCUT2D eigenvalue weighted by Crippen LogP contribution is -2.19. The van der Waals surface area contributed by atoms with E-state index >= 15 is 0 Å². The predicted molar refractivity (Wildman–Crippen MR) is 115 cm³/mol. The third-order valence-corrected chi connectivity index (χ3v) is 5.62. The minimum absolute atomic E-state index is 0.147. The topological polar surface area (TPSA) is 59.9 Å². The summed E-state index contributed by atoms with van der Waals surface area (Å²) in [4.78, 5) is 12.0. The molecule has 1 amide bonds. The summed E-state index contributed by atoms with van der Waals surface area (Å²) in [5.74, 6) is 2.42. The highest BCUT2D eigenvalue weighted by molar-refractivity contribution is 9.10. The molecule has 0 aliphatic rings. The summed E-state index contributed by atoms with van der Waals surface area (Å²) in [6.07, 6.45) is 2.36. The molecule has 0 unspecified atom stereocenters. The van der Waals surface area contributed by atoms with Gasteiger partial charge in [-0.15, -0.1) is 11.8 Å². The number of benzene rings is 2. The highest BCUT2D eigenvalue weighted by Crippen LogP contribution is 2.31. The largest absolute Gasteiger partial charge is 0.496 e. The van der Waals surface area contributed by atoms with Crippen molar-refractivity contribution >= 4 is 39.8 Å². The van der Waals surface area contributed by atoms with E-state index in [1.807, 2.05) is 43.3 Å². The van der Waals surface area contributed by atoms with E-state index in [0.717, 1.165) is 39.1 Å². The molecule has 0 atom stereocenters. The predicted octanol–water partition coefficient (Wildman–Crippen LogP) is 4.41. The van der Waals surface area contributed by atoms with Gasteiger partial charge < -0.3 is 9.47 Å². The summed E-state index contributed by atoms with van der Waals surface area (Å²) < 4.78 is 11.9. The molecule has 7 heteroatoms. The molecule has 0 bridgehead atoms. The van der Waals surface area contributed by atoms with Crippen LogP contribution in [-0.4, -0.2) is 32.1 Å². The van der Waals surface area contributed by atoms with E-state index in [0.29, 0.717) is 11.5 Å². The minimum Gasteiger partial charge on any atom is -0.496 e. The lowest BCUT2D eigenvalue weighted by Gasteiger charge is -2.13. The van der Waals surface area contributed by atoms with Crippen LogP contribution in [0, 0.1) is 0 Å². The number of methoxy groups -OCH3 is 2. The van der Waals surface area contributed by atoms with Crippen LogP contribution in [0.2, 0.25) is 0 Å². The maximum Gasteiger partial charge on any atom is 0.250 e. The molecule has 0 radical (unpaired) electrons. The number of halogens is 1. The summed E-state index contributed by atoms with van der Waals surface area (Å²) in [5, 5.41) is 4.06. The second-order valence-corrected chi connectivity index (χ2v) is 7.44. The Hall–Kier alpha value is -1.99. The zero-order valence-electron chi connectivity index (χ0n) is 15.6. The number of nitrogens with one attached hydrogen (secondary N) is 1. The molecule has 2 aromatic carbocycles. The third-order valence-electron chi connectivity index (χ3n) is 3.87. The van der Waals surface area contributed by atoms with Crippen LogP contribution in [0.4, 0.5) is 0 Å². The van der Waals surface area contributed by atoms with Gasteiger partial charge in [0, 0.05) is 21.4 Å². The van der Waals surface area contributed by atoms with Gasteiger partial charge in [0.15, 0.2) is 0 Å². The van der Waals surface area contributed by atoms with Gasteiger partial charge in [0.25, 0.3) is 0 Å². The van der Waals surface area contributed by atoms with Gasteiger partial charge in [0.05, 0.1) is 26.2 Å². The number of carbonyl (C=O) groups excluding carboxylic acids is 1. The quantitative estimate of drug-likeness (QED) is 0.453. The van der Waals surface area contributed by atoms with Crippen LogP contribution in [0.25, 0.3) is 0 Å². The molecule has 2 rings (SSSR count). The highest BCUT2D eigenvalue weighted by atomic mass is 79.9. The molecule has 5 nitrogen and oxygen atoms in total. The van der Waals surface area contributed by atoms with E-state index in [-0.39, 0.29) is 5.91 Å². The molecule has 2 aromatic rings.